The first-order valence-corrected chi connectivity index (χ1v) is 7.83. The van der Waals surface area contributed by atoms with E-state index in [0.717, 1.165) is 11.3 Å². The Balaban J connectivity index is 1.65. The van der Waals surface area contributed by atoms with Crippen molar-refractivity contribution in [1.29, 1.82) is 0 Å². The van der Waals surface area contributed by atoms with Crippen LogP contribution in [-0.2, 0) is 11.3 Å². The van der Waals surface area contributed by atoms with Gasteiger partial charge in [0.25, 0.3) is 0 Å². The zero-order valence-corrected chi connectivity index (χ0v) is 13.8. The first kappa shape index (κ1) is 17.0. The van der Waals surface area contributed by atoms with Crippen LogP contribution >= 0.6 is 0 Å². The maximum atomic E-state index is 12.0. The molecular weight excluding hydrogens is 288 g/mol. The van der Waals surface area contributed by atoms with Crippen molar-refractivity contribution in [2.24, 2.45) is 0 Å². The number of nitrogens with one attached hydrogen (secondary N) is 1. The Morgan fingerprint density at radius 1 is 1.09 bits per heavy atom. The molecule has 2 aromatic rings. The summed E-state index contributed by atoms with van der Waals surface area (Å²) in [5.74, 6) is 0.875. The van der Waals surface area contributed by atoms with Crippen LogP contribution in [0.3, 0.4) is 0 Å². The van der Waals surface area contributed by atoms with E-state index in [4.69, 9.17) is 4.74 Å². The van der Waals surface area contributed by atoms with Crippen LogP contribution in [-0.4, -0.2) is 37.6 Å². The van der Waals surface area contributed by atoms with Gasteiger partial charge in [-0.25, -0.2) is 0 Å². The second kappa shape index (κ2) is 8.96. The predicted molar refractivity (Wildman–Crippen MR) is 92.5 cm³/mol. The third kappa shape index (κ3) is 6.12. The zero-order valence-electron chi connectivity index (χ0n) is 13.8. The molecule has 1 amide bonds. The van der Waals surface area contributed by atoms with Crippen LogP contribution in [0.4, 0.5) is 0 Å². The van der Waals surface area contributed by atoms with Gasteiger partial charge in [0, 0.05) is 13.1 Å². The number of rotatable bonds is 8. The van der Waals surface area contributed by atoms with Gasteiger partial charge in [-0.1, -0.05) is 42.5 Å². The molecule has 0 saturated carbocycles. The minimum absolute atomic E-state index is 0.0236. The fourth-order valence-corrected chi connectivity index (χ4v) is 2.22. The van der Waals surface area contributed by atoms with Gasteiger partial charge in [0.05, 0.1) is 6.54 Å². The molecule has 2 aromatic carbocycles. The van der Waals surface area contributed by atoms with Crippen LogP contribution < -0.4 is 10.1 Å². The molecular formula is C19H24N2O2. The van der Waals surface area contributed by atoms with Crippen LogP contribution in [0.15, 0.2) is 54.6 Å². The molecule has 0 aliphatic heterocycles. The average Bonchev–Trinajstić information content (AvgIpc) is 2.55. The van der Waals surface area contributed by atoms with E-state index < -0.39 is 0 Å². The molecule has 0 aromatic heterocycles. The van der Waals surface area contributed by atoms with Crippen LogP contribution in [0.5, 0.6) is 5.75 Å². The highest BCUT2D eigenvalue weighted by molar-refractivity contribution is 5.78. The summed E-state index contributed by atoms with van der Waals surface area (Å²) in [6.45, 7) is 4.25. The third-order valence-corrected chi connectivity index (χ3v) is 3.64. The highest BCUT2D eigenvalue weighted by Gasteiger charge is 2.07. The van der Waals surface area contributed by atoms with Crippen molar-refractivity contribution in [1.82, 2.24) is 10.2 Å². The van der Waals surface area contributed by atoms with Gasteiger partial charge in [-0.05, 0) is 37.2 Å². The lowest BCUT2D eigenvalue weighted by molar-refractivity contribution is -0.122. The molecule has 0 atom stereocenters. The van der Waals surface area contributed by atoms with E-state index in [0.29, 0.717) is 26.2 Å². The van der Waals surface area contributed by atoms with Crippen molar-refractivity contribution >= 4 is 5.91 Å². The van der Waals surface area contributed by atoms with Crippen LogP contribution in [0.1, 0.15) is 11.1 Å². The van der Waals surface area contributed by atoms with Crippen molar-refractivity contribution < 1.29 is 9.53 Å². The zero-order chi connectivity index (χ0) is 16.5. The van der Waals surface area contributed by atoms with E-state index in [1.807, 2.05) is 60.5 Å². The first-order valence-electron chi connectivity index (χ1n) is 7.83. The van der Waals surface area contributed by atoms with Gasteiger partial charge in [-0.2, -0.15) is 0 Å². The van der Waals surface area contributed by atoms with Crippen molar-refractivity contribution in [2.75, 3.05) is 26.7 Å². The Morgan fingerprint density at radius 3 is 2.52 bits per heavy atom. The summed E-state index contributed by atoms with van der Waals surface area (Å²) < 4.78 is 5.63. The van der Waals surface area contributed by atoms with Gasteiger partial charge in [0.2, 0.25) is 5.91 Å². The number of hydrogen-bond acceptors (Lipinski definition) is 3. The summed E-state index contributed by atoms with van der Waals surface area (Å²) in [6, 6.07) is 17.8. The monoisotopic (exact) mass is 312 g/mol. The number of nitrogens with zero attached hydrogens (tertiary/aromatic N) is 1. The lowest BCUT2D eigenvalue weighted by Gasteiger charge is -2.17. The Labute approximate surface area is 138 Å². The molecule has 4 nitrogen and oxygen atoms in total. The largest absolute Gasteiger partial charge is 0.492 e. The summed E-state index contributed by atoms with van der Waals surface area (Å²) >= 11 is 0. The maximum absolute atomic E-state index is 12.0. The normalized spacial score (nSPS) is 10.6. The molecule has 0 spiro atoms. The van der Waals surface area contributed by atoms with E-state index in [1.54, 1.807) is 0 Å². The first-order chi connectivity index (χ1) is 11.1. The Morgan fingerprint density at radius 2 is 1.78 bits per heavy atom. The van der Waals surface area contributed by atoms with Gasteiger partial charge < -0.3 is 10.1 Å². The molecule has 0 radical (unpaired) electrons. The number of likely N-dealkylation sites (N-methyl/N-ethyl adjacent to an activating group) is 1. The van der Waals surface area contributed by atoms with Gasteiger partial charge in [-0.15, -0.1) is 0 Å². The van der Waals surface area contributed by atoms with Crippen molar-refractivity contribution in [3.63, 3.8) is 0 Å². The average molecular weight is 312 g/mol. The summed E-state index contributed by atoms with van der Waals surface area (Å²) in [5, 5.41) is 2.96. The number of carbonyl (C=O) groups is 1. The lowest BCUT2D eigenvalue weighted by atomic mass is 10.1. The van der Waals surface area contributed by atoms with Gasteiger partial charge >= 0.3 is 0 Å². The SMILES string of the molecule is Cc1ccccc1CNC(=O)CN(C)CCOc1ccccc1. The second-order valence-corrected chi connectivity index (χ2v) is 5.60. The molecule has 0 bridgehead atoms. The van der Waals surface area contributed by atoms with Crippen LogP contribution in [0.25, 0.3) is 0 Å². The van der Waals surface area contributed by atoms with Crippen molar-refractivity contribution in [3.8, 4) is 5.75 Å². The molecule has 0 unspecified atom stereocenters. The highest BCUT2D eigenvalue weighted by Crippen LogP contribution is 2.08. The standard InChI is InChI=1S/C19H24N2O2/c1-16-8-6-7-9-17(16)14-20-19(22)15-21(2)12-13-23-18-10-4-3-5-11-18/h3-11H,12-15H2,1-2H3,(H,20,22). The molecule has 0 aliphatic carbocycles. The molecule has 0 aliphatic rings. The number of hydrogen-bond donors (Lipinski definition) is 1. The van der Waals surface area contributed by atoms with E-state index in [9.17, 15) is 4.79 Å². The van der Waals surface area contributed by atoms with Crippen LogP contribution in [0, 0.1) is 6.92 Å². The maximum Gasteiger partial charge on any atom is 0.234 e. The highest BCUT2D eigenvalue weighted by atomic mass is 16.5. The molecule has 122 valence electrons. The van der Waals surface area contributed by atoms with Crippen molar-refractivity contribution in [3.05, 3.63) is 65.7 Å². The number of para-hydroxylation sites is 1. The van der Waals surface area contributed by atoms with Gasteiger partial charge in [0.1, 0.15) is 12.4 Å². The predicted octanol–water partition coefficient (Wildman–Crippen LogP) is 2.62. The second-order valence-electron chi connectivity index (χ2n) is 5.60. The minimum atomic E-state index is 0.0236. The van der Waals surface area contributed by atoms with Gasteiger partial charge in [0.15, 0.2) is 0 Å². The third-order valence-electron chi connectivity index (χ3n) is 3.64. The summed E-state index contributed by atoms with van der Waals surface area (Å²) in [6.07, 6.45) is 0. The fraction of sp³-hybridized carbons (Fsp3) is 0.316. The quantitative estimate of drug-likeness (QED) is 0.815. The Hall–Kier alpha value is -2.33. The Bertz CT molecular complexity index is 614. The summed E-state index contributed by atoms with van der Waals surface area (Å²) in [7, 11) is 1.92. The van der Waals surface area contributed by atoms with Gasteiger partial charge in [-0.3, -0.25) is 9.69 Å². The molecule has 1 N–H and O–H groups in total. The molecule has 2 rings (SSSR count). The summed E-state index contributed by atoms with van der Waals surface area (Å²) in [5.41, 5.74) is 2.34. The van der Waals surface area contributed by atoms with Crippen molar-refractivity contribution in [2.45, 2.75) is 13.5 Å². The number of carbonyl (C=O) groups excluding carboxylic acids is 1. The smallest absolute Gasteiger partial charge is 0.234 e. The van der Waals surface area contributed by atoms with E-state index in [-0.39, 0.29) is 5.91 Å². The van der Waals surface area contributed by atoms with E-state index in [2.05, 4.69) is 18.3 Å². The topological polar surface area (TPSA) is 41.6 Å². The van der Waals surface area contributed by atoms with Crippen LogP contribution in [0.2, 0.25) is 0 Å². The molecule has 23 heavy (non-hydrogen) atoms. The van der Waals surface area contributed by atoms with E-state index >= 15 is 0 Å². The molecule has 4 heteroatoms. The lowest BCUT2D eigenvalue weighted by Crippen LogP contribution is -2.36. The molecule has 0 heterocycles. The number of aryl methyl sites for hydroxylation is 1. The fourth-order valence-electron chi connectivity index (χ4n) is 2.22. The molecule has 0 saturated heterocycles. The van der Waals surface area contributed by atoms with E-state index in [1.165, 1.54) is 5.56 Å². The number of ether oxygens (including phenoxy) is 1. The number of benzene rings is 2. The molecule has 0 fully saturated rings. The summed E-state index contributed by atoms with van der Waals surface area (Å²) in [4.78, 5) is 13.9. The number of amides is 1. The minimum Gasteiger partial charge on any atom is -0.492 e. The Kier molecular flexibility index (Phi) is 6.63.